The van der Waals surface area contributed by atoms with Crippen LogP contribution in [0.1, 0.15) is 23.9 Å². The molecule has 2 heterocycles. The number of carbonyl (C=O) groups excluding carboxylic acids is 2. The van der Waals surface area contributed by atoms with Gasteiger partial charge in [-0.3, -0.25) is 9.59 Å². The van der Waals surface area contributed by atoms with Crippen LogP contribution in [0.25, 0.3) is 11.0 Å². The molecule has 2 aromatic rings. The van der Waals surface area contributed by atoms with Crippen molar-refractivity contribution in [3.63, 3.8) is 0 Å². The van der Waals surface area contributed by atoms with E-state index in [9.17, 15) is 9.59 Å². The van der Waals surface area contributed by atoms with Crippen molar-refractivity contribution in [2.75, 3.05) is 38.7 Å². The number of anilines is 1. The predicted molar refractivity (Wildman–Crippen MR) is 92.7 cm³/mol. The molecule has 1 aromatic carbocycles. The molecule has 0 aliphatic carbocycles. The Hall–Kier alpha value is -2.38. The number of morpholine rings is 1. The van der Waals surface area contributed by atoms with Gasteiger partial charge in [-0.15, -0.1) is 0 Å². The van der Waals surface area contributed by atoms with Crippen molar-refractivity contribution < 1.29 is 23.5 Å². The number of ether oxygens (including phenoxy) is 2. The highest BCUT2D eigenvalue weighted by Gasteiger charge is 2.28. The SMILES string of the molecule is CC[C@H](OC)C(=O)Nc1c(C(=O)N2CCOCC2)oc2ccccc12. The minimum atomic E-state index is -0.583. The Balaban J connectivity index is 1.97. The molecule has 1 aliphatic rings. The first-order valence-corrected chi connectivity index (χ1v) is 8.38. The minimum Gasteiger partial charge on any atom is -0.449 e. The van der Waals surface area contributed by atoms with Gasteiger partial charge in [-0.1, -0.05) is 19.1 Å². The smallest absolute Gasteiger partial charge is 0.291 e. The van der Waals surface area contributed by atoms with E-state index in [-0.39, 0.29) is 17.6 Å². The van der Waals surface area contributed by atoms with E-state index >= 15 is 0 Å². The lowest BCUT2D eigenvalue weighted by atomic mass is 10.2. The van der Waals surface area contributed by atoms with Gasteiger partial charge in [0.2, 0.25) is 5.76 Å². The molecule has 7 nitrogen and oxygen atoms in total. The standard InChI is InChI=1S/C18H22N2O5/c1-3-13(23-2)17(21)19-15-12-6-4-5-7-14(12)25-16(15)18(22)20-8-10-24-11-9-20/h4-7,13H,3,8-11H2,1-2H3,(H,19,21)/t13-/m0/s1. The maximum absolute atomic E-state index is 12.9. The molecular weight excluding hydrogens is 324 g/mol. The predicted octanol–water partition coefficient (Wildman–Crippen LogP) is 2.27. The third-order valence-corrected chi connectivity index (χ3v) is 4.28. The normalized spacial score (nSPS) is 16.0. The molecule has 0 spiro atoms. The number of fused-ring (bicyclic) bond motifs is 1. The second kappa shape index (κ2) is 7.67. The summed E-state index contributed by atoms with van der Waals surface area (Å²) in [5, 5.41) is 3.51. The van der Waals surface area contributed by atoms with Gasteiger partial charge in [-0.2, -0.15) is 0 Å². The van der Waals surface area contributed by atoms with Crippen LogP contribution in [0.15, 0.2) is 28.7 Å². The number of rotatable bonds is 5. The van der Waals surface area contributed by atoms with E-state index in [1.165, 1.54) is 7.11 Å². The molecule has 1 aromatic heterocycles. The molecule has 1 fully saturated rings. The van der Waals surface area contributed by atoms with Gasteiger partial charge in [0.25, 0.3) is 11.8 Å². The number of hydrogen-bond acceptors (Lipinski definition) is 5. The van der Waals surface area contributed by atoms with Gasteiger partial charge in [0, 0.05) is 25.6 Å². The molecule has 0 bridgehead atoms. The van der Waals surface area contributed by atoms with Crippen LogP contribution in [0, 0.1) is 0 Å². The van der Waals surface area contributed by atoms with Crippen LogP contribution >= 0.6 is 0 Å². The van der Waals surface area contributed by atoms with Crippen molar-refractivity contribution in [3.05, 3.63) is 30.0 Å². The zero-order valence-corrected chi connectivity index (χ0v) is 14.4. The molecule has 7 heteroatoms. The maximum atomic E-state index is 12.9. The zero-order chi connectivity index (χ0) is 17.8. The summed E-state index contributed by atoms with van der Waals surface area (Å²) in [5.41, 5.74) is 0.951. The number of hydrogen-bond donors (Lipinski definition) is 1. The van der Waals surface area contributed by atoms with Crippen LogP contribution in [0.2, 0.25) is 0 Å². The molecule has 3 rings (SSSR count). The molecule has 1 saturated heterocycles. The van der Waals surface area contributed by atoms with Crippen LogP contribution in [0.3, 0.4) is 0 Å². The number of nitrogens with zero attached hydrogens (tertiary/aromatic N) is 1. The Morgan fingerprint density at radius 2 is 2.00 bits per heavy atom. The van der Waals surface area contributed by atoms with Crippen LogP contribution in [0.5, 0.6) is 0 Å². The Bertz CT molecular complexity index is 760. The van der Waals surface area contributed by atoms with Crippen molar-refractivity contribution in [2.45, 2.75) is 19.4 Å². The van der Waals surface area contributed by atoms with E-state index in [0.29, 0.717) is 49.4 Å². The van der Waals surface area contributed by atoms with Crippen LogP contribution in [-0.4, -0.2) is 56.2 Å². The number of benzene rings is 1. The first kappa shape index (κ1) is 17.4. The number of carbonyl (C=O) groups is 2. The zero-order valence-electron chi connectivity index (χ0n) is 14.4. The lowest BCUT2D eigenvalue weighted by Gasteiger charge is -2.26. The summed E-state index contributed by atoms with van der Waals surface area (Å²) >= 11 is 0. The van der Waals surface area contributed by atoms with Crippen molar-refractivity contribution in [1.82, 2.24) is 4.90 Å². The Labute approximate surface area is 145 Å². The summed E-state index contributed by atoms with van der Waals surface area (Å²) in [6.45, 7) is 3.85. The molecule has 1 N–H and O–H groups in total. The van der Waals surface area contributed by atoms with E-state index in [1.54, 1.807) is 11.0 Å². The summed E-state index contributed by atoms with van der Waals surface area (Å²) in [6, 6.07) is 7.25. The van der Waals surface area contributed by atoms with Gasteiger partial charge in [0.05, 0.1) is 13.2 Å². The second-order valence-electron chi connectivity index (χ2n) is 5.83. The summed E-state index contributed by atoms with van der Waals surface area (Å²) in [5.74, 6) is -0.407. The van der Waals surface area contributed by atoms with E-state index in [0.717, 1.165) is 0 Å². The number of amides is 2. The molecule has 1 aliphatic heterocycles. The van der Waals surface area contributed by atoms with Gasteiger partial charge in [0.15, 0.2) is 0 Å². The number of methoxy groups -OCH3 is 1. The highest BCUT2D eigenvalue weighted by atomic mass is 16.5. The van der Waals surface area contributed by atoms with Gasteiger partial charge >= 0.3 is 0 Å². The number of nitrogens with one attached hydrogen (secondary N) is 1. The Morgan fingerprint density at radius 1 is 1.28 bits per heavy atom. The average molecular weight is 346 g/mol. The molecule has 0 unspecified atom stereocenters. The van der Waals surface area contributed by atoms with E-state index in [4.69, 9.17) is 13.9 Å². The summed E-state index contributed by atoms with van der Waals surface area (Å²) in [6.07, 6.45) is -0.0507. The number of furan rings is 1. The first-order valence-electron chi connectivity index (χ1n) is 8.38. The molecule has 134 valence electrons. The molecular formula is C18H22N2O5. The molecule has 1 atom stereocenters. The van der Waals surface area contributed by atoms with Gasteiger partial charge in [-0.05, 0) is 18.6 Å². The second-order valence-corrected chi connectivity index (χ2v) is 5.83. The fourth-order valence-corrected chi connectivity index (χ4v) is 2.89. The van der Waals surface area contributed by atoms with Crippen molar-refractivity contribution in [1.29, 1.82) is 0 Å². The summed E-state index contributed by atoms with van der Waals surface area (Å²) in [7, 11) is 1.49. The largest absolute Gasteiger partial charge is 0.449 e. The van der Waals surface area contributed by atoms with Crippen molar-refractivity contribution in [2.24, 2.45) is 0 Å². The third kappa shape index (κ3) is 3.52. The molecule has 2 amide bonds. The minimum absolute atomic E-state index is 0.141. The molecule has 0 saturated carbocycles. The van der Waals surface area contributed by atoms with E-state index in [1.807, 2.05) is 25.1 Å². The first-order chi connectivity index (χ1) is 12.2. The summed E-state index contributed by atoms with van der Waals surface area (Å²) in [4.78, 5) is 27.0. The quantitative estimate of drug-likeness (QED) is 0.898. The highest BCUT2D eigenvalue weighted by molar-refractivity contribution is 6.11. The van der Waals surface area contributed by atoms with Gasteiger partial charge < -0.3 is 24.1 Å². The van der Waals surface area contributed by atoms with Crippen LogP contribution < -0.4 is 5.32 Å². The van der Waals surface area contributed by atoms with Gasteiger partial charge in [-0.25, -0.2) is 0 Å². The lowest BCUT2D eigenvalue weighted by Crippen LogP contribution is -2.41. The van der Waals surface area contributed by atoms with Crippen LogP contribution in [-0.2, 0) is 14.3 Å². The fraction of sp³-hybridized carbons (Fsp3) is 0.444. The third-order valence-electron chi connectivity index (χ3n) is 4.28. The Kier molecular flexibility index (Phi) is 5.35. The maximum Gasteiger partial charge on any atom is 0.291 e. The number of para-hydroxylation sites is 1. The monoisotopic (exact) mass is 346 g/mol. The van der Waals surface area contributed by atoms with Crippen molar-refractivity contribution >= 4 is 28.5 Å². The van der Waals surface area contributed by atoms with Crippen LogP contribution in [0.4, 0.5) is 5.69 Å². The topological polar surface area (TPSA) is 81.0 Å². The Morgan fingerprint density at radius 3 is 2.68 bits per heavy atom. The highest BCUT2D eigenvalue weighted by Crippen LogP contribution is 2.32. The van der Waals surface area contributed by atoms with Gasteiger partial charge in [0.1, 0.15) is 17.4 Å². The lowest BCUT2D eigenvalue weighted by molar-refractivity contribution is -0.125. The van der Waals surface area contributed by atoms with E-state index in [2.05, 4.69) is 5.32 Å². The molecule has 0 radical (unpaired) electrons. The summed E-state index contributed by atoms with van der Waals surface area (Å²) < 4.78 is 16.2. The fourth-order valence-electron chi connectivity index (χ4n) is 2.89. The van der Waals surface area contributed by atoms with E-state index < -0.39 is 6.10 Å². The van der Waals surface area contributed by atoms with Crippen molar-refractivity contribution in [3.8, 4) is 0 Å². The molecule has 25 heavy (non-hydrogen) atoms. The average Bonchev–Trinajstić information content (AvgIpc) is 3.01.